The lowest BCUT2D eigenvalue weighted by atomic mass is 10.2. The van der Waals surface area contributed by atoms with Crippen LogP contribution in [0.4, 0.5) is 10.2 Å². The van der Waals surface area contributed by atoms with Crippen molar-refractivity contribution in [1.29, 1.82) is 0 Å². The van der Waals surface area contributed by atoms with Gasteiger partial charge in [-0.25, -0.2) is 4.39 Å². The van der Waals surface area contributed by atoms with E-state index < -0.39 is 0 Å². The molecule has 0 amide bonds. The number of hydrogen-bond donors (Lipinski definition) is 1. The first kappa shape index (κ1) is 11.4. The van der Waals surface area contributed by atoms with E-state index in [9.17, 15) is 4.39 Å². The van der Waals surface area contributed by atoms with Gasteiger partial charge in [0, 0.05) is 13.1 Å². The van der Waals surface area contributed by atoms with Gasteiger partial charge in [0.1, 0.15) is 17.4 Å². The highest BCUT2D eigenvalue weighted by molar-refractivity contribution is 5.38. The predicted molar refractivity (Wildman–Crippen MR) is 65.0 cm³/mol. The van der Waals surface area contributed by atoms with Crippen LogP contribution in [0.2, 0.25) is 0 Å². The Kier molecular flexibility index (Phi) is 3.23. The number of anilines is 1. The van der Waals surface area contributed by atoms with E-state index in [4.69, 9.17) is 4.74 Å². The normalized spacial score (nSPS) is 10.1. The molecule has 0 saturated heterocycles. The van der Waals surface area contributed by atoms with Gasteiger partial charge in [0.25, 0.3) is 0 Å². The highest BCUT2D eigenvalue weighted by Gasteiger charge is 2.02. The maximum Gasteiger partial charge on any atom is 0.221 e. The van der Waals surface area contributed by atoms with Gasteiger partial charge in [0.05, 0.1) is 0 Å². The Bertz CT molecular complexity index is 529. The smallest absolute Gasteiger partial charge is 0.221 e. The van der Waals surface area contributed by atoms with E-state index in [0.717, 1.165) is 5.82 Å². The van der Waals surface area contributed by atoms with E-state index in [2.05, 4.69) is 10.3 Å². The molecule has 0 fully saturated rings. The largest absolute Gasteiger partial charge is 0.439 e. The molecule has 2 aromatic rings. The minimum Gasteiger partial charge on any atom is -0.439 e. The van der Waals surface area contributed by atoms with Gasteiger partial charge in [-0.1, -0.05) is 6.07 Å². The van der Waals surface area contributed by atoms with E-state index in [0.29, 0.717) is 17.2 Å². The van der Waals surface area contributed by atoms with Gasteiger partial charge in [-0.05, 0) is 36.8 Å². The van der Waals surface area contributed by atoms with Gasteiger partial charge in [-0.15, -0.1) is 0 Å². The maximum absolute atomic E-state index is 13.1. The van der Waals surface area contributed by atoms with Crippen molar-refractivity contribution in [3.8, 4) is 11.6 Å². The Morgan fingerprint density at radius 2 is 2.06 bits per heavy atom. The van der Waals surface area contributed by atoms with Crippen LogP contribution in [-0.2, 0) is 0 Å². The molecule has 4 heteroatoms. The van der Waals surface area contributed by atoms with Gasteiger partial charge in [-0.3, -0.25) is 0 Å². The van der Waals surface area contributed by atoms with E-state index >= 15 is 0 Å². The monoisotopic (exact) mass is 232 g/mol. The van der Waals surface area contributed by atoms with Gasteiger partial charge < -0.3 is 10.1 Å². The van der Waals surface area contributed by atoms with Crippen LogP contribution in [-0.4, -0.2) is 12.0 Å². The zero-order valence-electron chi connectivity index (χ0n) is 9.70. The molecule has 0 bridgehead atoms. The van der Waals surface area contributed by atoms with Crippen LogP contribution in [0.1, 0.15) is 5.56 Å². The minimum atomic E-state index is -0.241. The van der Waals surface area contributed by atoms with Crippen LogP contribution in [0.3, 0.4) is 0 Å². The summed E-state index contributed by atoms with van der Waals surface area (Å²) in [7, 11) is 1.79. The Hall–Kier alpha value is -2.10. The van der Waals surface area contributed by atoms with Crippen LogP contribution >= 0.6 is 0 Å². The summed E-state index contributed by atoms with van der Waals surface area (Å²) in [4.78, 5) is 4.21. The molecule has 1 heterocycles. The number of ether oxygens (including phenoxy) is 1. The molecule has 0 spiro atoms. The first-order chi connectivity index (χ1) is 8.19. The first-order valence-electron chi connectivity index (χ1n) is 5.28. The third-order valence-electron chi connectivity index (χ3n) is 2.33. The number of aryl methyl sites for hydroxylation is 1. The quantitative estimate of drug-likeness (QED) is 0.881. The second kappa shape index (κ2) is 4.82. The summed E-state index contributed by atoms with van der Waals surface area (Å²) in [5.74, 6) is 1.53. The summed E-state index contributed by atoms with van der Waals surface area (Å²) in [5.41, 5.74) is 0.548. The first-order valence-corrected chi connectivity index (χ1v) is 5.28. The molecule has 0 unspecified atom stereocenters. The fraction of sp³-hybridized carbons (Fsp3) is 0.154. The fourth-order valence-electron chi connectivity index (χ4n) is 1.41. The molecule has 0 atom stereocenters. The lowest BCUT2D eigenvalue weighted by molar-refractivity contribution is 0.461. The molecule has 0 saturated carbocycles. The second-order valence-corrected chi connectivity index (χ2v) is 3.62. The van der Waals surface area contributed by atoms with Crippen LogP contribution in [0.15, 0.2) is 36.4 Å². The number of benzene rings is 1. The number of halogens is 1. The highest BCUT2D eigenvalue weighted by Crippen LogP contribution is 2.22. The van der Waals surface area contributed by atoms with Crippen molar-refractivity contribution in [2.45, 2.75) is 6.92 Å². The molecule has 88 valence electrons. The van der Waals surface area contributed by atoms with Crippen molar-refractivity contribution in [1.82, 2.24) is 4.98 Å². The van der Waals surface area contributed by atoms with Crippen LogP contribution in [0.5, 0.6) is 11.6 Å². The number of nitrogens with one attached hydrogen (secondary N) is 1. The average molecular weight is 232 g/mol. The third-order valence-corrected chi connectivity index (χ3v) is 2.33. The van der Waals surface area contributed by atoms with Crippen molar-refractivity contribution in [3.63, 3.8) is 0 Å². The molecule has 1 N–H and O–H groups in total. The van der Waals surface area contributed by atoms with Gasteiger partial charge in [0.2, 0.25) is 5.88 Å². The van der Waals surface area contributed by atoms with E-state index in [1.54, 1.807) is 32.2 Å². The third kappa shape index (κ3) is 2.72. The van der Waals surface area contributed by atoms with Crippen LogP contribution < -0.4 is 10.1 Å². The summed E-state index contributed by atoms with van der Waals surface area (Å²) in [5, 5.41) is 2.92. The zero-order valence-corrected chi connectivity index (χ0v) is 9.70. The fourth-order valence-corrected chi connectivity index (χ4v) is 1.41. The van der Waals surface area contributed by atoms with Crippen molar-refractivity contribution in [2.24, 2.45) is 0 Å². The number of nitrogens with zero attached hydrogens (tertiary/aromatic N) is 1. The van der Waals surface area contributed by atoms with Crippen molar-refractivity contribution >= 4 is 5.82 Å². The standard InChI is InChI=1S/C13H13FN2O/c1-9-8-10(6-7-11(9)14)17-13-5-3-4-12(15-2)16-13/h3-8H,1-2H3,(H,15,16). The molecule has 0 aliphatic heterocycles. The lowest BCUT2D eigenvalue weighted by Crippen LogP contribution is -1.94. The molecule has 0 aliphatic carbocycles. The number of rotatable bonds is 3. The summed E-state index contributed by atoms with van der Waals surface area (Å²) in [6.07, 6.45) is 0. The summed E-state index contributed by atoms with van der Waals surface area (Å²) >= 11 is 0. The van der Waals surface area contributed by atoms with Crippen molar-refractivity contribution in [3.05, 3.63) is 47.8 Å². The average Bonchev–Trinajstić information content (AvgIpc) is 2.34. The van der Waals surface area contributed by atoms with Crippen molar-refractivity contribution in [2.75, 3.05) is 12.4 Å². The van der Waals surface area contributed by atoms with E-state index in [1.165, 1.54) is 6.07 Å². The molecule has 0 radical (unpaired) electrons. The molecule has 3 nitrogen and oxygen atoms in total. The predicted octanol–water partition coefficient (Wildman–Crippen LogP) is 3.36. The van der Waals surface area contributed by atoms with Crippen LogP contribution in [0.25, 0.3) is 0 Å². The van der Waals surface area contributed by atoms with E-state index in [-0.39, 0.29) is 5.82 Å². The summed E-state index contributed by atoms with van der Waals surface area (Å²) < 4.78 is 18.6. The molecule has 2 rings (SSSR count). The van der Waals surface area contributed by atoms with E-state index in [1.807, 2.05) is 12.1 Å². The Labute approximate surface area is 99.3 Å². The molecule has 17 heavy (non-hydrogen) atoms. The summed E-state index contributed by atoms with van der Waals surface area (Å²) in [6.45, 7) is 1.69. The zero-order chi connectivity index (χ0) is 12.3. The highest BCUT2D eigenvalue weighted by atomic mass is 19.1. The second-order valence-electron chi connectivity index (χ2n) is 3.62. The maximum atomic E-state index is 13.1. The molecule has 1 aromatic heterocycles. The number of aromatic nitrogens is 1. The molecule has 0 aliphatic rings. The van der Waals surface area contributed by atoms with Gasteiger partial charge >= 0.3 is 0 Å². The van der Waals surface area contributed by atoms with Gasteiger partial charge in [0.15, 0.2) is 0 Å². The number of hydrogen-bond acceptors (Lipinski definition) is 3. The van der Waals surface area contributed by atoms with Gasteiger partial charge in [-0.2, -0.15) is 4.98 Å². The minimum absolute atomic E-state index is 0.241. The van der Waals surface area contributed by atoms with Crippen LogP contribution in [0, 0.1) is 12.7 Å². The van der Waals surface area contributed by atoms with Crippen molar-refractivity contribution < 1.29 is 9.13 Å². The molecular weight excluding hydrogens is 219 g/mol. The molecule has 1 aromatic carbocycles. The Morgan fingerprint density at radius 1 is 1.24 bits per heavy atom. The molecular formula is C13H13FN2O. The topological polar surface area (TPSA) is 34.1 Å². The SMILES string of the molecule is CNc1cccc(Oc2ccc(F)c(C)c2)n1. The Balaban J connectivity index is 2.22. The lowest BCUT2D eigenvalue weighted by Gasteiger charge is -2.07. The summed E-state index contributed by atoms with van der Waals surface area (Å²) in [6, 6.07) is 10.0. The number of pyridine rings is 1. The Morgan fingerprint density at radius 3 is 2.76 bits per heavy atom.